The number of aromatic nitrogens is 2. The van der Waals surface area contributed by atoms with Crippen LogP contribution in [-0.2, 0) is 0 Å². The molecule has 25 heavy (non-hydrogen) atoms. The quantitative estimate of drug-likeness (QED) is 0.625. The molecule has 0 bridgehead atoms. The predicted molar refractivity (Wildman–Crippen MR) is 107 cm³/mol. The Kier molecular flexibility index (Phi) is 4.40. The summed E-state index contributed by atoms with van der Waals surface area (Å²) in [6.07, 6.45) is 0. The van der Waals surface area contributed by atoms with Crippen LogP contribution >= 0.6 is 22.9 Å². The minimum atomic E-state index is 0.329. The Bertz CT molecular complexity index is 929. The normalized spacial score (nSPS) is 15.9. The Labute approximate surface area is 157 Å². The Hall–Kier alpha value is -1.69. The van der Waals surface area contributed by atoms with Crippen LogP contribution in [0.5, 0.6) is 0 Å². The number of fused-ring (bicyclic) bond motifs is 1. The van der Waals surface area contributed by atoms with Gasteiger partial charge in [0.1, 0.15) is 10.6 Å². The van der Waals surface area contributed by atoms with E-state index in [0.717, 1.165) is 42.2 Å². The molecule has 1 fully saturated rings. The minimum Gasteiger partial charge on any atom is -0.353 e. The van der Waals surface area contributed by atoms with Gasteiger partial charge in [-0.3, -0.25) is 0 Å². The lowest BCUT2D eigenvalue weighted by molar-refractivity contribution is 0.312. The van der Waals surface area contributed by atoms with Gasteiger partial charge in [-0.15, -0.1) is 11.3 Å². The van der Waals surface area contributed by atoms with Crippen molar-refractivity contribution in [3.8, 4) is 11.1 Å². The van der Waals surface area contributed by atoms with Crippen LogP contribution in [0.1, 0.15) is 11.1 Å². The van der Waals surface area contributed by atoms with Crippen LogP contribution in [-0.4, -0.2) is 48.1 Å². The molecule has 0 radical (unpaired) electrons. The summed E-state index contributed by atoms with van der Waals surface area (Å²) in [6.45, 7) is 8.28. The monoisotopic (exact) mass is 372 g/mol. The van der Waals surface area contributed by atoms with Gasteiger partial charge in [-0.1, -0.05) is 18.2 Å². The highest BCUT2D eigenvalue weighted by Crippen LogP contribution is 2.39. The molecule has 0 N–H and O–H groups in total. The largest absolute Gasteiger partial charge is 0.353 e. The lowest BCUT2D eigenvalue weighted by Gasteiger charge is -2.33. The number of hydrogen-bond acceptors (Lipinski definition) is 5. The van der Waals surface area contributed by atoms with E-state index >= 15 is 0 Å². The third-order valence-electron chi connectivity index (χ3n) is 5.01. The van der Waals surface area contributed by atoms with Crippen LogP contribution in [0.2, 0.25) is 5.28 Å². The van der Waals surface area contributed by atoms with Gasteiger partial charge < -0.3 is 9.80 Å². The summed E-state index contributed by atoms with van der Waals surface area (Å²) in [6, 6.07) is 6.62. The summed E-state index contributed by atoms with van der Waals surface area (Å²) >= 11 is 7.86. The van der Waals surface area contributed by atoms with E-state index in [-0.39, 0.29) is 0 Å². The van der Waals surface area contributed by atoms with Crippen LogP contribution in [0, 0.1) is 13.8 Å². The van der Waals surface area contributed by atoms with Gasteiger partial charge in [-0.25, -0.2) is 4.98 Å². The average Bonchev–Trinajstić information content (AvgIpc) is 3.01. The highest BCUT2D eigenvalue weighted by atomic mass is 35.5. The molecule has 3 aromatic rings. The maximum absolute atomic E-state index is 6.22. The molecule has 0 atom stereocenters. The van der Waals surface area contributed by atoms with E-state index in [9.17, 15) is 0 Å². The molecule has 3 heterocycles. The van der Waals surface area contributed by atoms with Crippen molar-refractivity contribution >= 4 is 39.0 Å². The highest BCUT2D eigenvalue weighted by molar-refractivity contribution is 7.17. The molecular formula is C19H21ClN4S. The van der Waals surface area contributed by atoms with Crippen molar-refractivity contribution in [1.29, 1.82) is 0 Å². The molecule has 1 aromatic carbocycles. The van der Waals surface area contributed by atoms with Crippen molar-refractivity contribution in [3.63, 3.8) is 0 Å². The first-order valence-electron chi connectivity index (χ1n) is 8.49. The Morgan fingerprint density at radius 2 is 1.80 bits per heavy atom. The Balaban J connectivity index is 1.87. The number of likely N-dealkylation sites (N-methyl/N-ethyl adjacent to an activating group) is 1. The standard InChI is InChI=1S/C19H21ClN4S/c1-12-4-5-14(10-13(12)2)15-11-25-18-16(15)17(21-19(20)22-18)24-8-6-23(3)7-9-24/h4-5,10-11H,6-9H2,1-3H3. The van der Waals surface area contributed by atoms with E-state index in [4.69, 9.17) is 11.6 Å². The van der Waals surface area contributed by atoms with Gasteiger partial charge in [0, 0.05) is 37.1 Å². The number of benzene rings is 1. The van der Waals surface area contributed by atoms with E-state index in [1.165, 1.54) is 22.3 Å². The number of hydrogen-bond donors (Lipinski definition) is 0. The molecule has 0 saturated carbocycles. The fraction of sp³-hybridized carbons (Fsp3) is 0.368. The molecule has 130 valence electrons. The van der Waals surface area contributed by atoms with Crippen molar-refractivity contribution in [3.05, 3.63) is 40.0 Å². The molecule has 4 nitrogen and oxygen atoms in total. The summed E-state index contributed by atoms with van der Waals surface area (Å²) in [5.41, 5.74) is 5.03. The predicted octanol–water partition coefficient (Wildman–Crippen LogP) is 4.38. The maximum Gasteiger partial charge on any atom is 0.225 e. The summed E-state index contributed by atoms with van der Waals surface area (Å²) in [7, 11) is 2.16. The zero-order valence-corrected chi connectivity index (χ0v) is 16.3. The topological polar surface area (TPSA) is 32.3 Å². The molecule has 2 aromatic heterocycles. The molecule has 1 aliphatic rings. The fourth-order valence-corrected chi connectivity index (χ4v) is 4.42. The average molecular weight is 373 g/mol. The second-order valence-corrected chi connectivity index (χ2v) is 7.93. The summed E-state index contributed by atoms with van der Waals surface area (Å²) in [5, 5.41) is 3.64. The summed E-state index contributed by atoms with van der Waals surface area (Å²) in [5.74, 6) is 0.970. The number of thiophene rings is 1. The van der Waals surface area contributed by atoms with Crippen LogP contribution < -0.4 is 4.90 Å². The highest BCUT2D eigenvalue weighted by Gasteiger charge is 2.22. The van der Waals surface area contributed by atoms with Gasteiger partial charge in [0.25, 0.3) is 0 Å². The van der Waals surface area contributed by atoms with E-state index in [1.807, 2.05) is 0 Å². The number of anilines is 1. The number of aryl methyl sites for hydroxylation is 2. The van der Waals surface area contributed by atoms with Gasteiger partial charge in [-0.2, -0.15) is 4.98 Å². The Morgan fingerprint density at radius 1 is 1.04 bits per heavy atom. The molecule has 1 aliphatic heterocycles. The minimum absolute atomic E-state index is 0.329. The molecule has 0 unspecified atom stereocenters. The SMILES string of the molecule is Cc1ccc(-c2csc3nc(Cl)nc(N4CCN(C)CC4)c23)cc1C. The molecule has 4 rings (SSSR count). The smallest absolute Gasteiger partial charge is 0.225 e. The van der Waals surface area contributed by atoms with E-state index in [2.05, 4.69) is 64.2 Å². The van der Waals surface area contributed by atoms with Crippen molar-refractivity contribution in [2.24, 2.45) is 0 Å². The number of piperazine rings is 1. The second-order valence-electron chi connectivity index (χ2n) is 6.74. The lowest BCUT2D eigenvalue weighted by Crippen LogP contribution is -2.44. The second kappa shape index (κ2) is 6.56. The number of nitrogens with zero attached hydrogens (tertiary/aromatic N) is 4. The van der Waals surface area contributed by atoms with Crippen LogP contribution in [0.25, 0.3) is 21.3 Å². The van der Waals surface area contributed by atoms with Crippen LogP contribution in [0.15, 0.2) is 23.6 Å². The van der Waals surface area contributed by atoms with Crippen LogP contribution in [0.3, 0.4) is 0 Å². The summed E-state index contributed by atoms with van der Waals surface area (Å²) < 4.78 is 0. The molecule has 0 spiro atoms. The maximum atomic E-state index is 6.22. The third-order valence-corrected chi connectivity index (χ3v) is 6.05. The Morgan fingerprint density at radius 3 is 2.52 bits per heavy atom. The van der Waals surface area contributed by atoms with E-state index in [1.54, 1.807) is 11.3 Å². The van der Waals surface area contributed by atoms with E-state index in [0.29, 0.717) is 5.28 Å². The molecular weight excluding hydrogens is 352 g/mol. The van der Waals surface area contributed by atoms with E-state index < -0.39 is 0 Å². The number of halogens is 1. The fourth-order valence-electron chi connectivity index (χ4n) is 3.27. The number of rotatable bonds is 2. The molecule has 0 amide bonds. The zero-order chi connectivity index (χ0) is 17.6. The van der Waals surface area contributed by atoms with Gasteiger partial charge in [0.2, 0.25) is 5.28 Å². The molecule has 0 aliphatic carbocycles. The third kappa shape index (κ3) is 3.12. The van der Waals surface area contributed by atoms with Gasteiger partial charge >= 0.3 is 0 Å². The van der Waals surface area contributed by atoms with Crippen molar-refractivity contribution < 1.29 is 0 Å². The van der Waals surface area contributed by atoms with Gasteiger partial charge in [-0.05, 0) is 49.2 Å². The van der Waals surface area contributed by atoms with Crippen LogP contribution in [0.4, 0.5) is 5.82 Å². The first-order valence-corrected chi connectivity index (χ1v) is 9.74. The van der Waals surface area contributed by atoms with Gasteiger partial charge in [0.15, 0.2) is 0 Å². The van der Waals surface area contributed by atoms with Crippen molar-refractivity contribution in [2.45, 2.75) is 13.8 Å². The summed E-state index contributed by atoms with van der Waals surface area (Å²) in [4.78, 5) is 14.7. The lowest BCUT2D eigenvalue weighted by atomic mass is 10.0. The van der Waals surface area contributed by atoms with Crippen molar-refractivity contribution in [2.75, 3.05) is 38.1 Å². The first-order chi connectivity index (χ1) is 12.0. The molecule has 6 heteroatoms. The zero-order valence-electron chi connectivity index (χ0n) is 14.7. The first kappa shape index (κ1) is 16.8. The van der Waals surface area contributed by atoms with Crippen molar-refractivity contribution in [1.82, 2.24) is 14.9 Å². The van der Waals surface area contributed by atoms with Gasteiger partial charge in [0.05, 0.1) is 5.39 Å². The molecule has 1 saturated heterocycles.